The smallest absolute Gasteiger partial charge is 0.275 e. The first-order chi connectivity index (χ1) is 15.1. The number of halogens is 1. The molecule has 0 bridgehead atoms. The second-order valence-corrected chi connectivity index (χ2v) is 10.6. The second-order valence-electron chi connectivity index (χ2n) is 8.32. The first kappa shape index (κ1) is 22.1. The molecule has 1 aliphatic carbocycles. The largest absolute Gasteiger partial charge is 0.480 e. The van der Waals surface area contributed by atoms with Crippen LogP contribution in [0.2, 0.25) is 0 Å². The Bertz CT molecular complexity index is 1190. The van der Waals surface area contributed by atoms with Crippen LogP contribution in [0, 0.1) is 5.82 Å². The van der Waals surface area contributed by atoms with Gasteiger partial charge in [-0.2, -0.15) is 0 Å². The van der Waals surface area contributed by atoms with E-state index in [0.717, 1.165) is 18.9 Å². The van der Waals surface area contributed by atoms with Gasteiger partial charge in [-0.3, -0.25) is 9.79 Å². The van der Waals surface area contributed by atoms with Crippen molar-refractivity contribution < 1.29 is 22.3 Å². The molecule has 11 heteroatoms. The number of aliphatic imine (C=N–C) groups is 1. The van der Waals surface area contributed by atoms with Crippen molar-refractivity contribution in [1.29, 1.82) is 0 Å². The third kappa shape index (κ3) is 3.60. The van der Waals surface area contributed by atoms with Crippen LogP contribution in [0.5, 0.6) is 5.88 Å². The average molecular weight is 462 g/mol. The number of amidine groups is 1. The van der Waals surface area contributed by atoms with E-state index in [1.165, 1.54) is 38.6 Å². The van der Waals surface area contributed by atoms with Gasteiger partial charge in [0.2, 0.25) is 5.88 Å². The fraction of sp³-hybridized carbons (Fsp3) is 0.429. The molecule has 3 N–H and O–H groups in total. The van der Waals surface area contributed by atoms with Crippen LogP contribution in [0.3, 0.4) is 0 Å². The third-order valence-electron chi connectivity index (χ3n) is 6.19. The molecule has 1 amide bonds. The van der Waals surface area contributed by atoms with E-state index in [-0.39, 0.29) is 34.4 Å². The van der Waals surface area contributed by atoms with Crippen LogP contribution < -0.4 is 15.8 Å². The number of benzene rings is 1. The lowest BCUT2D eigenvalue weighted by molar-refractivity contribution is 0.102. The van der Waals surface area contributed by atoms with E-state index >= 15 is 0 Å². The summed E-state index contributed by atoms with van der Waals surface area (Å²) in [4.78, 5) is 24.9. The molecule has 1 aromatic carbocycles. The maximum atomic E-state index is 14.8. The Kier molecular flexibility index (Phi) is 5.40. The third-order valence-corrected chi connectivity index (χ3v) is 8.94. The summed E-state index contributed by atoms with van der Waals surface area (Å²) >= 11 is 0. The van der Waals surface area contributed by atoms with Gasteiger partial charge < -0.3 is 15.8 Å². The van der Waals surface area contributed by atoms with Gasteiger partial charge in [-0.25, -0.2) is 22.8 Å². The molecule has 1 aromatic heterocycles. The highest BCUT2D eigenvalue weighted by Crippen LogP contribution is 2.45. The minimum Gasteiger partial charge on any atom is -0.480 e. The summed E-state index contributed by atoms with van der Waals surface area (Å²) < 4.78 is 45.1. The molecule has 1 fully saturated rings. The van der Waals surface area contributed by atoms with Crippen molar-refractivity contribution in [3.63, 3.8) is 0 Å². The highest BCUT2D eigenvalue weighted by atomic mass is 32.2. The molecule has 4 rings (SSSR count). The van der Waals surface area contributed by atoms with Gasteiger partial charge in [-0.05, 0) is 38.0 Å². The summed E-state index contributed by atoms with van der Waals surface area (Å²) in [6, 6.07) is 3.91. The van der Waals surface area contributed by atoms with Crippen LogP contribution in [0.1, 0.15) is 48.7 Å². The fourth-order valence-corrected chi connectivity index (χ4v) is 6.98. The van der Waals surface area contributed by atoms with E-state index < -0.39 is 31.8 Å². The number of anilines is 1. The Morgan fingerprint density at radius 3 is 2.53 bits per heavy atom. The number of aromatic nitrogens is 2. The van der Waals surface area contributed by atoms with Gasteiger partial charge in [0.15, 0.2) is 9.84 Å². The van der Waals surface area contributed by atoms with Crippen molar-refractivity contribution in [2.24, 2.45) is 10.7 Å². The molecule has 0 radical (unpaired) electrons. The van der Waals surface area contributed by atoms with Crippen LogP contribution in [-0.4, -0.2) is 47.7 Å². The molecule has 1 aliphatic heterocycles. The fourth-order valence-electron chi connectivity index (χ4n) is 4.47. The number of carbonyl (C=O) groups is 1. The van der Waals surface area contributed by atoms with Crippen molar-refractivity contribution in [1.82, 2.24) is 9.97 Å². The van der Waals surface area contributed by atoms with Crippen molar-refractivity contribution >= 4 is 27.3 Å². The van der Waals surface area contributed by atoms with E-state index in [9.17, 15) is 17.6 Å². The number of nitrogens with zero attached hydrogens (tertiary/aromatic N) is 3. The van der Waals surface area contributed by atoms with Crippen LogP contribution in [0.4, 0.5) is 10.1 Å². The summed E-state index contributed by atoms with van der Waals surface area (Å²) in [5.74, 6) is -1.27. The maximum absolute atomic E-state index is 14.8. The van der Waals surface area contributed by atoms with Gasteiger partial charge in [-0.1, -0.05) is 12.8 Å². The van der Waals surface area contributed by atoms with Crippen LogP contribution >= 0.6 is 0 Å². The Morgan fingerprint density at radius 1 is 1.22 bits per heavy atom. The number of sulfone groups is 1. The molecule has 2 aliphatic rings. The zero-order chi connectivity index (χ0) is 23.1. The lowest BCUT2D eigenvalue weighted by atomic mass is 9.92. The summed E-state index contributed by atoms with van der Waals surface area (Å²) in [5.41, 5.74) is 5.10. The number of ether oxygens (including phenoxy) is 1. The van der Waals surface area contributed by atoms with Gasteiger partial charge in [0.05, 0.1) is 25.3 Å². The Hall–Kier alpha value is -3.08. The quantitative estimate of drug-likeness (QED) is 0.712. The molecule has 1 unspecified atom stereocenters. The number of nitrogens with two attached hydrogens (primary N) is 1. The topological polar surface area (TPSA) is 137 Å². The molecule has 2 heterocycles. The minimum atomic E-state index is -3.67. The molecule has 32 heavy (non-hydrogen) atoms. The molecule has 170 valence electrons. The zero-order valence-electron chi connectivity index (χ0n) is 17.8. The summed E-state index contributed by atoms with van der Waals surface area (Å²) in [7, 11) is -2.24. The standard InChI is InChI=1S/C21H24FN5O4S/c1-20(12-32(29,30)21(19(23)27-20)7-3-4-8-21)14-9-13(5-6-15(14)22)26-18(28)16-10-25-17(31-2)11-24-16/h5-6,9-11H,3-4,7-8,12H2,1-2H3,(H2,23,27)(H,26,28). The van der Waals surface area contributed by atoms with E-state index in [2.05, 4.69) is 20.3 Å². The van der Waals surface area contributed by atoms with E-state index in [0.29, 0.717) is 12.8 Å². The molecular weight excluding hydrogens is 437 g/mol. The van der Waals surface area contributed by atoms with Crippen LogP contribution in [0.15, 0.2) is 35.6 Å². The van der Waals surface area contributed by atoms with Crippen molar-refractivity contribution in [3.8, 4) is 5.88 Å². The number of amides is 1. The van der Waals surface area contributed by atoms with Crippen molar-refractivity contribution in [2.75, 3.05) is 18.2 Å². The van der Waals surface area contributed by atoms with Gasteiger partial charge >= 0.3 is 0 Å². The summed E-state index contributed by atoms with van der Waals surface area (Å²) in [5, 5.41) is 2.62. The van der Waals surface area contributed by atoms with Gasteiger partial charge in [0.1, 0.15) is 27.6 Å². The number of hydrogen-bond donors (Lipinski definition) is 2. The van der Waals surface area contributed by atoms with Crippen molar-refractivity contribution in [2.45, 2.75) is 42.9 Å². The average Bonchev–Trinajstić information content (AvgIpc) is 3.26. The summed E-state index contributed by atoms with van der Waals surface area (Å²) in [6.45, 7) is 1.54. The van der Waals surface area contributed by atoms with E-state index in [1.54, 1.807) is 0 Å². The lowest BCUT2D eigenvalue weighted by Crippen LogP contribution is -2.56. The number of hydrogen-bond acceptors (Lipinski definition) is 8. The molecule has 0 saturated heterocycles. The Labute approximate surface area is 185 Å². The normalized spacial score (nSPS) is 23.5. The first-order valence-electron chi connectivity index (χ1n) is 10.2. The van der Waals surface area contributed by atoms with Crippen molar-refractivity contribution in [3.05, 3.63) is 47.7 Å². The van der Waals surface area contributed by atoms with E-state index in [4.69, 9.17) is 10.5 Å². The predicted molar refractivity (Wildman–Crippen MR) is 117 cm³/mol. The summed E-state index contributed by atoms with van der Waals surface area (Å²) in [6.07, 6.45) is 4.94. The first-order valence-corrected chi connectivity index (χ1v) is 11.8. The van der Waals surface area contributed by atoms with Gasteiger partial charge in [-0.15, -0.1) is 0 Å². The van der Waals surface area contributed by atoms with Gasteiger partial charge in [0.25, 0.3) is 5.91 Å². The van der Waals surface area contributed by atoms with E-state index in [1.807, 2.05) is 0 Å². The molecule has 1 atom stereocenters. The zero-order valence-corrected chi connectivity index (χ0v) is 18.6. The van der Waals surface area contributed by atoms with Crippen LogP contribution in [0.25, 0.3) is 0 Å². The number of nitrogens with one attached hydrogen (secondary N) is 1. The molecule has 1 spiro atoms. The second kappa shape index (κ2) is 7.80. The predicted octanol–water partition coefficient (Wildman–Crippen LogP) is 2.19. The Morgan fingerprint density at radius 2 is 1.94 bits per heavy atom. The number of methoxy groups -OCH3 is 1. The highest BCUT2D eigenvalue weighted by Gasteiger charge is 2.56. The highest BCUT2D eigenvalue weighted by molar-refractivity contribution is 7.93. The minimum absolute atomic E-state index is 0.0334. The molecule has 2 aromatic rings. The number of rotatable bonds is 4. The molecule has 1 saturated carbocycles. The monoisotopic (exact) mass is 461 g/mol. The lowest BCUT2D eigenvalue weighted by Gasteiger charge is -2.39. The van der Waals surface area contributed by atoms with Gasteiger partial charge in [0, 0.05) is 11.3 Å². The maximum Gasteiger partial charge on any atom is 0.275 e. The molecule has 9 nitrogen and oxygen atoms in total. The Balaban J connectivity index is 1.66. The molecular formula is C21H24FN5O4S. The number of carbonyl (C=O) groups excluding carboxylic acids is 1. The SMILES string of the molecule is COc1cnc(C(=O)Nc2ccc(F)c(C3(C)CS(=O)(=O)C4(CCCC4)C(N)=N3)c2)cn1. The van der Waals surface area contributed by atoms with Crippen LogP contribution in [-0.2, 0) is 15.4 Å².